The quantitative estimate of drug-likeness (QED) is 0.864. The number of rotatable bonds is 6. The van der Waals surface area contributed by atoms with Crippen LogP contribution in [0.1, 0.15) is 45.6 Å². The number of hydrogen-bond acceptors (Lipinski definition) is 3. The molecule has 126 valence electrons. The van der Waals surface area contributed by atoms with Gasteiger partial charge in [-0.2, -0.15) is 0 Å². The fourth-order valence-corrected chi connectivity index (χ4v) is 2.46. The fraction of sp³-hybridized carbons (Fsp3) is 0.706. The number of hydrogen-bond donors (Lipinski definition) is 1. The molecule has 0 amide bonds. The molecule has 0 saturated carbocycles. The first-order valence-corrected chi connectivity index (χ1v) is 8.39. The second kappa shape index (κ2) is 9.72. The van der Waals surface area contributed by atoms with Crippen molar-refractivity contribution in [2.75, 3.05) is 31.1 Å². The summed E-state index contributed by atoms with van der Waals surface area (Å²) >= 11 is 0. The lowest BCUT2D eigenvalue weighted by molar-refractivity contribution is -0.0164. The normalized spacial score (nSPS) is 15.2. The predicted octanol–water partition coefficient (Wildman–Crippen LogP) is 3.89. The Balaban J connectivity index is 0.00000116. The minimum atomic E-state index is -2.55. The number of aromatic nitrogens is 1. The van der Waals surface area contributed by atoms with Gasteiger partial charge in [0.1, 0.15) is 5.82 Å². The van der Waals surface area contributed by atoms with E-state index >= 15 is 0 Å². The molecule has 2 rings (SSSR count). The Hall–Kier alpha value is -1.23. The molecule has 1 aliphatic rings. The van der Waals surface area contributed by atoms with E-state index in [2.05, 4.69) is 15.2 Å². The van der Waals surface area contributed by atoms with Crippen molar-refractivity contribution in [1.82, 2.24) is 10.3 Å². The van der Waals surface area contributed by atoms with Crippen LogP contribution in [-0.4, -0.2) is 37.1 Å². The predicted molar refractivity (Wildman–Crippen MR) is 88.8 cm³/mol. The summed E-state index contributed by atoms with van der Waals surface area (Å²) in [6.45, 7) is 9.61. The van der Waals surface area contributed by atoms with E-state index < -0.39 is 5.92 Å². The minimum absolute atomic E-state index is 0.0285. The summed E-state index contributed by atoms with van der Waals surface area (Å²) in [5.74, 6) is -1.61. The van der Waals surface area contributed by atoms with E-state index in [1.807, 2.05) is 26.0 Å². The monoisotopic (exact) mass is 313 g/mol. The first-order valence-electron chi connectivity index (χ1n) is 8.39. The minimum Gasteiger partial charge on any atom is -0.354 e. The van der Waals surface area contributed by atoms with E-state index in [-0.39, 0.29) is 12.8 Å². The van der Waals surface area contributed by atoms with Crippen LogP contribution in [0.15, 0.2) is 18.3 Å². The van der Waals surface area contributed by atoms with Crippen LogP contribution in [0.5, 0.6) is 0 Å². The third-order valence-electron chi connectivity index (χ3n) is 3.65. The Morgan fingerprint density at radius 3 is 2.41 bits per heavy atom. The first-order chi connectivity index (χ1) is 10.6. The summed E-state index contributed by atoms with van der Waals surface area (Å²) in [4.78, 5) is 6.62. The molecule has 1 saturated heterocycles. The first kappa shape index (κ1) is 18.8. The Kier molecular flexibility index (Phi) is 8.31. The molecule has 5 heteroatoms. The van der Waals surface area contributed by atoms with Gasteiger partial charge in [0.05, 0.1) is 0 Å². The fourth-order valence-electron chi connectivity index (χ4n) is 2.46. The van der Waals surface area contributed by atoms with E-state index in [9.17, 15) is 8.78 Å². The van der Waals surface area contributed by atoms with Crippen molar-refractivity contribution in [3.05, 3.63) is 23.9 Å². The Labute approximate surface area is 133 Å². The average molecular weight is 313 g/mol. The van der Waals surface area contributed by atoms with Gasteiger partial charge in [0.2, 0.25) is 5.92 Å². The Bertz CT molecular complexity index is 401. The highest BCUT2D eigenvalue weighted by Gasteiger charge is 2.26. The zero-order valence-electron chi connectivity index (χ0n) is 14.0. The van der Waals surface area contributed by atoms with E-state index in [0.29, 0.717) is 12.8 Å². The maximum atomic E-state index is 13.4. The van der Waals surface area contributed by atoms with Gasteiger partial charge in [-0.3, -0.25) is 0 Å². The van der Waals surface area contributed by atoms with Gasteiger partial charge in [-0.1, -0.05) is 33.3 Å². The highest BCUT2D eigenvalue weighted by molar-refractivity contribution is 5.39. The second-order valence-corrected chi connectivity index (χ2v) is 5.37. The molecule has 1 aromatic rings. The average Bonchev–Trinajstić information content (AvgIpc) is 2.56. The van der Waals surface area contributed by atoms with Gasteiger partial charge in [0.15, 0.2) is 0 Å². The molecule has 0 aromatic carbocycles. The highest BCUT2D eigenvalue weighted by atomic mass is 19.3. The van der Waals surface area contributed by atoms with Crippen molar-refractivity contribution in [3.8, 4) is 0 Å². The summed E-state index contributed by atoms with van der Waals surface area (Å²) < 4.78 is 26.9. The smallest absolute Gasteiger partial charge is 0.248 e. The number of pyridine rings is 1. The van der Waals surface area contributed by atoms with Crippen molar-refractivity contribution in [3.63, 3.8) is 0 Å². The number of piperazine rings is 1. The summed E-state index contributed by atoms with van der Waals surface area (Å²) in [6.07, 6.45) is 2.53. The van der Waals surface area contributed by atoms with Crippen molar-refractivity contribution in [2.45, 2.75) is 52.4 Å². The van der Waals surface area contributed by atoms with Crippen LogP contribution in [0.3, 0.4) is 0 Å². The maximum absolute atomic E-state index is 13.4. The van der Waals surface area contributed by atoms with Crippen LogP contribution in [0.4, 0.5) is 14.6 Å². The number of aryl methyl sites for hydroxylation is 1. The van der Waals surface area contributed by atoms with Crippen molar-refractivity contribution < 1.29 is 8.78 Å². The zero-order valence-corrected chi connectivity index (χ0v) is 14.0. The molecular weight excluding hydrogens is 284 g/mol. The van der Waals surface area contributed by atoms with E-state index in [1.54, 1.807) is 13.1 Å². The van der Waals surface area contributed by atoms with Gasteiger partial charge in [-0.25, -0.2) is 13.8 Å². The molecule has 3 nitrogen and oxygen atoms in total. The standard InChI is InChI=1S/C15H23F2N3.C2H6/c1-2-6-15(16,17)7-5-13-3-4-14(19-12-13)20-10-8-18-9-11-20;1-2/h3-4,12,18H,2,5-11H2,1H3;1-2H3. The lowest BCUT2D eigenvalue weighted by Gasteiger charge is -2.28. The molecule has 0 bridgehead atoms. The molecule has 1 fully saturated rings. The largest absolute Gasteiger partial charge is 0.354 e. The molecule has 1 aromatic heterocycles. The molecule has 22 heavy (non-hydrogen) atoms. The lowest BCUT2D eigenvalue weighted by Crippen LogP contribution is -2.43. The summed E-state index contributed by atoms with van der Waals surface area (Å²) in [6, 6.07) is 3.87. The van der Waals surface area contributed by atoms with Gasteiger partial charge in [0, 0.05) is 45.2 Å². The number of nitrogens with one attached hydrogen (secondary N) is 1. The Morgan fingerprint density at radius 2 is 1.86 bits per heavy atom. The highest BCUT2D eigenvalue weighted by Crippen LogP contribution is 2.26. The summed E-state index contributed by atoms with van der Waals surface area (Å²) in [5.41, 5.74) is 0.889. The lowest BCUT2D eigenvalue weighted by atomic mass is 10.0. The van der Waals surface area contributed by atoms with Crippen LogP contribution >= 0.6 is 0 Å². The van der Waals surface area contributed by atoms with Crippen LogP contribution in [-0.2, 0) is 6.42 Å². The molecule has 0 unspecified atom stereocenters. The van der Waals surface area contributed by atoms with Gasteiger partial charge in [0.25, 0.3) is 0 Å². The van der Waals surface area contributed by atoms with Crippen molar-refractivity contribution in [1.29, 1.82) is 0 Å². The number of anilines is 1. The van der Waals surface area contributed by atoms with E-state index in [1.165, 1.54) is 0 Å². The molecular formula is C17H29F2N3. The molecule has 0 aliphatic carbocycles. The molecule has 0 atom stereocenters. The maximum Gasteiger partial charge on any atom is 0.248 e. The van der Waals surface area contributed by atoms with Gasteiger partial charge < -0.3 is 10.2 Å². The number of halogens is 2. The van der Waals surface area contributed by atoms with Gasteiger partial charge >= 0.3 is 0 Å². The topological polar surface area (TPSA) is 28.2 Å². The SMILES string of the molecule is CC.CCCC(F)(F)CCc1ccc(N2CCNCC2)nc1. The third-order valence-corrected chi connectivity index (χ3v) is 3.65. The zero-order chi connectivity index (χ0) is 16.4. The molecule has 0 radical (unpaired) electrons. The molecule has 0 spiro atoms. The number of nitrogens with zero attached hydrogens (tertiary/aromatic N) is 2. The van der Waals surface area contributed by atoms with Gasteiger partial charge in [-0.15, -0.1) is 0 Å². The number of alkyl halides is 2. The Morgan fingerprint density at radius 1 is 1.18 bits per heavy atom. The molecule has 1 N–H and O–H groups in total. The molecule has 1 aliphatic heterocycles. The van der Waals surface area contributed by atoms with Crippen molar-refractivity contribution in [2.24, 2.45) is 0 Å². The van der Waals surface area contributed by atoms with E-state index in [0.717, 1.165) is 37.6 Å². The van der Waals surface area contributed by atoms with E-state index in [4.69, 9.17) is 0 Å². The van der Waals surface area contributed by atoms with Crippen LogP contribution in [0.2, 0.25) is 0 Å². The van der Waals surface area contributed by atoms with Crippen LogP contribution in [0.25, 0.3) is 0 Å². The van der Waals surface area contributed by atoms with Gasteiger partial charge in [-0.05, 0) is 18.1 Å². The summed E-state index contributed by atoms with van der Waals surface area (Å²) in [5, 5.41) is 3.29. The van der Waals surface area contributed by atoms with Crippen LogP contribution < -0.4 is 10.2 Å². The second-order valence-electron chi connectivity index (χ2n) is 5.37. The molecule has 2 heterocycles. The van der Waals surface area contributed by atoms with Crippen molar-refractivity contribution >= 4 is 5.82 Å². The third kappa shape index (κ3) is 6.26. The van der Waals surface area contributed by atoms with Crippen LogP contribution in [0, 0.1) is 0 Å². The summed E-state index contributed by atoms with van der Waals surface area (Å²) in [7, 11) is 0.